The number of rotatable bonds is 2. The van der Waals surface area contributed by atoms with Gasteiger partial charge >= 0.3 is 0 Å². The highest BCUT2D eigenvalue weighted by Crippen LogP contribution is 2.23. The smallest absolute Gasteiger partial charge is 0.253 e. The Labute approximate surface area is 138 Å². The number of aromatic nitrogens is 1. The third-order valence-corrected chi connectivity index (χ3v) is 4.80. The molecule has 2 unspecified atom stereocenters. The lowest BCUT2D eigenvalue weighted by Crippen LogP contribution is -2.42. The largest absolute Gasteiger partial charge is 0.338 e. The number of nitrogens with zero attached hydrogens (tertiary/aromatic N) is 2. The van der Waals surface area contributed by atoms with Gasteiger partial charge in [-0.3, -0.25) is 4.79 Å². The van der Waals surface area contributed by atoms with Gasteiger partial charge in [-0.25, -0.2) is 0 Å². The third kappa shape index (κ3) is 3.19. The van der Waals surface area contributed by atoms with Crippen molar-refractivity contribution >= 4 is 5.91 Å². The van der Waals surface area contributed by atoms with Crippen LogP contribution >= 0.6 is 0 Å². The van der Waals surface area contributed by atoms with Crippen LogP contribution < -0.4 is 0 Å². The summed E-state index contributed by atoms with van der Waals surface area (Å²) in [5, 5.41) is 0. The lowest BCUT2D eigenvalue weighted by Gasteiger charge is -2.35. The molecule has 2 heterocycles. The van der Waals surface area contributed by atoms with Crippen LogP contribution in [0, 0.1) is 25.7 Å². The molecule has 3 nitrogen and oxygen atoms in total. The first kappa shape index (κ1) is 15.9. The van der Waals surface area contributed by atoms with Gasteiger partial charge in [0.2, 0.25) is 0 Å². The zero-order valence-corrected chi connectivity index (χ0v) is 14.5. The topological polar surface area (TPSA) is 25.2 Å². The number of amides is 1. The van der Waals surface area contributed by atoms with Crippen molar-refractivity contribution < 1.29 is 4.79 Å². The van der Waals surface area contributed by atoms with Gasteiger partial charge in [0.15, 0.2) is 0 Å². The molecule has 2 aromatic rings. The molecule has 3 heteroatoms. The van der Waals surface area contributed by atoms with Gasteiger partial charge in [-0.05, 0) is 68.5 Å². The van der Waals surface area contributed by atoms with Crippen LogP contribution in [0.15, 0.2) is 36.4 Å². The molecule has 23 heavy (non-hydrogen) atoms. The minimum atomic E-state index is 0.163. The summed E-state index contributed by atoms with van der Waals surface area (Å²) in [6, 6.07) is 12.2. The minimum absolute atomic E-state index is 0.163. The standard InChI is InChI=1S/C20H26N2O/c1-14-11-15(2)13-21(12-14)20(23)18-7-9-19(10-8-18)22-16(3)5-6-17(22)4/h5-10,14-15H,11-13H2,1-4H3. The second-order valence-corrected chi connectivity index (χ2v) is 7.15. The van der Waals surface area contributed by atoms with Crippen molar-refractivity contribution in [1.29, 1.82) is 0 Å². The quantitative estimate of drug-likeness (QED) is 0.815. The number of hydrogen-bond acceptors (Lipinski definition) is 1. The van der Waals surface area contributed by atoms with E-state index in [1.807, 2.05) is 29.2 Å². The molecular weight excluding hydrogens is 284 g/mol. The number of carbonyl (C=O) groups is 1. The molecule has 0 aliphatic carbocycles. The monoisotopic (exact) mass is 310 g/mol. The van der Waals surface area contributed by atoms with E-state index < -0.39 is 0 Å². The average molecular weight is 310 g/mol. The Kier molecular flexibility index (Phi) is 4.29. The molecule has 1 aliphatic rings. The summed E-state index contributed by atoms with van der Waals surface area (Å²) in [5.41, 5.74) is 4.32. The third-order valence-electron chi connectivity index (χ3n) is 4.80. The molecular formula is C20H26N2O. The predicted molar refractivity (Wildman–Crippen MR) is 94.1 cm³/mol. The van der Waals surface area contributed by atoms with E-state index in [0.29, 0.717) is 11.8 Å². The Bertz CT molecular complexity index is 669. The van der Waals surface area contributed by atoms with Crippen molar-refractivity contribution in [3.05, 3.63) is 53.3 Å². The van der Waals surface area contributed by atoms with E-state index in [1.54, 1.807) is 0 Å². The molecule has 1 aromatic carbocycles. The zero-order chi connectivity index (χ0) is 16.6. The van der Waals surface area contributed by atoms with E-state index in [4.69, 9.17) is 0 Å². The molecule has 0 saturated carbocycles. The number of aryl methyl sites for hydroxylation is 2. The van der Waals surface area contributed by atoms with Gasteiger partial charge in [0.05, 0.1) is 0 Å². The summed E-state index contributed by atoms with van der Waals surface area (Å²) >= 11 is 0. The fourth-order valence-corrected chi connectivity index (χ4v) is 3.84. The maximum atomic E-state index is 12.7. The Morgan fingerprint density at radius 1 is 0.913 bits per heavy atom. The van der Waals surface area contributed by atoms with Crippen LogP contribution in [0.1, 0.15) is 42.0 Å². The number of piperidine rings is 1. The summed E-state index contributed by atoms with van der Waals surface area (Å²) in [6.07, 6.45) is 1.22. The summed E-state index contributed by atoms with van der Waals surface area (Å²) in [7, 11) is 0. The summed E-state index contributed by atoms with van der Waals surface area (Å²) in [4.78, 5) is 14.8. The SMILES string of the molecule is Cc1ccc(C)n1-c1ccc(C(=O)N2CC(C)CC(C)C2)cc1. The summed E-state index contributed by atoms with van der Waals surface area (Å²) in [6.45, 7) is 10.4. The number of benzene rings is 1. The highest BCUT2D eigenvalue weighted by molar-refractivity contribution is 5.94. The minimum Gasteiger partial charge on any atom is -0.338 e. The van der Waals surface area contributed by atoms with Gasteiger partial charge in [-0.2, -0.15) is 0 Å². The summed E-state index contributed by atoms with van der Waals surface area (Å²) in [5.74, 6) is 1.34. The van der Waals surface area contributed by atoms with Crippen molar-refractivity contribution in [2.24, 2.45) is 11.8 Å². The highest BCUT2D eigenvalue weighted by atomic mass is 16.2. The Hall–Kier alpha value is -2.03. The number of likely N-dealkylation sites (tertiary alicyclic amines) is 1. The summed E-state index contributed by atoms with van der Waals surface area (Å²) < 4.78 is 2.21. The molecule has 0 N–H and O–H groups in total. The molecule has 122 valence electrons. The number of carbonyl (C=O) groups excluding carboxylic acids is 1. The molecule has 1 aromatic heterocycles. The van der Waals surface area contributed by atoms with Crippen LogP contribution in [0.25, 0.3) is 5.69 Å². The first-order valence-corrected chi connectivity index (χ1v) is 8.50. The lowest BCUT2D eigenvalue weighted by atomic mass is 9.91. The molecule has 0 bridgehead atoms. The Morgan fingerprint density at radius 3 is 1.96 bits per heavy atom. The number of hydrogen-bond donors (Lipinski definition) is 0. The molecule has 2 atom stereocenters. The zero-order valence-electron chi connectivity index (χ0n) is 14.5. The van der Waals surface area contributed by atoms with Crippen LogP contribution in [0.3, 0.4) is 0 Å². The van der Waals surface area contributed by atoms with Crippen LogP contribution in [-0.2, 0) is 0 Å². The highest BCUT2D eigenvalue weighted by Gasteiger charge is 2.26. The van der Waals surface area contributed by atoms with Crippen molar-refractivity contribution in [2.45, 2.75) is 34.1 Å². The van der Waals surface area contributed by atoms with Crippen LogP contribution in [-0.4, -0.2) is 28.5 Å². The molecule has 3 rings (SSSR count). The van der Waals surface area contributed by atoms with Crippen molar-refractivity contribution in [3.8, 4) is 5.69 Å². The van der Waals surface area contributed by atoms with E-state index in [9.17, 15) is 4.79 Å². The first-order valence-electron chi connectivity index (χ1n) is 8.50. The second-order valence-electron chi connectivity index (χ2n) is 7.15. The predicted octanol–water partition coefficient (Wildman–Crippen LogP) is 4.21. The molecule has 1 amide bonds. The van der Waals surface area contributed by atoms with Crippen molar-refractivity contribution in [1.82, 2.24) is 9.47 Å². The van der Waals surface area contributed by atoms with Crippen LogP contribution in [0.4, 0.5) is 0 Å². The van der Waals surface area contributed by atoms with Gasteiger partial charge in [-0.15, -0.1) is 0 Å². The van der Waals surface area contributed by atoms with Crippen LogP contribution in [0.5, 0.6) is 0 Å². The van der Waals surface area contributed by atoms with Crippen molar-refractivity contribution in [2.75, 3.05) is 13.1 Å². The van der Waals surface area contributed by atoms with Gasteiger partial charge in [0.25, 0.3) is 5.91 Å². The molecule has 1 aliphatic heterocycles. The van der Waals surface area contributed by atoms with Crippen LogP contribution in [0.2, 0.25) is 0 Å². The fraction of sp³-hybridized carbons (Fsp3) is 0.450. The fourth-order valence-electron chi connectivity index (χ4n) is 3.84. The molecule has 0 radical (unpaired) electrons. The van der Waals surface area contributed by atoms with Gasteiger partial charge in [0, 0.05) is 35.7 Å². The molecule has 0 spiro atoms. The normalized spacial score (nSPS) is 21.5. The van der Waals surface area contributed by atoms with E-state index in [0.717, 1.165) is 24.3 Å². The lowest BCUT2D eigenvalue weighted by molar-refractivity contribution is 0.0623. The molecule has 1 saturated heterocycles. The first-order chi connectivity index (χ1) is 11.0. The molecule has 1 fully saturated rings. The van der Waals surface area contributed by atoms with Gasteiger partial charge < -0.3 is 9.47 Å². The van der Waals surface area contributed by atoms with Crippen molar-refractivity contribution in [3.63, 3.8) is 0 Å². The maximum absolute atomic E-state index is 12.7. The maximum Gasteiger partial charge on any atom is 0.253 e. The Balaban J connectivity index is 1.81. The van der Waals surface area contributed by atoms with Gasteiger partial charge in [-0.1, -0.05) is 13.8 Å². The average Bonchev–Trinajstić information content (AvgIpc) is 2.85. The Morgan fingerprint density at radius 2 is 1.43 bits per heavy atom. The van der Waals surface area contributed by atoms with Gasteiger partial charge in [0.1, 0.15) is 0 Å². The second kappa shape index (κ2) is 6.23. The van der Waals surface area contributed by atoms with E-state index >= 15 is 0 Å². The van der Waals surface area contributed by atoms with E-state index in [2.05, 4.69) is 44.4 Å². The van der Waals surface area contributed by atoms with E-state index in [1.165, 1.54) is 17.8 Å². The van der Waals surface area contributed by atoms with E-state index in [-0.39, 0.29) is 5.91 Å².